The van der Waals surface area contributed by atoms with Crippen LogP contribution in [0.1, 0.15) is 25.0 Å². The highest BCUT2D eigenvalue weighted by Crippen LogP contribution is 2.27. The van der Waals surface area contributed by atoms with Gasteiger partial charge in [-0.15, -0.1) is 11.6 Å². The summed E-state index contributed by atoms with van der Waals surface area (Å²) in [5.41, 5.74) is 0.913. The molecule has 2 rings (SSSR count). The van der Waals surface area contributed by atoms with Crippen LogP contribution in [-0.4, -0.2) is 11.1 Å². The highest BCUT2D eigenvalue weighted by atomic mass is 35.5. The number of thiazole rings is 1. The van der Waals surface area contributed by atoms with Crippen LogP contribution >= 0.6 is 22.9 Å². The third-order valence-electron chi connectivity index (χ3n) is 1.99. The number of hydrogen-bond acceptors (Lipinski definition) is 3. The Labute approximate surface area is 80.5 Å². The summed E-state index contributed by atoms with van der Waals surface area (Å²) >= 11 is 7.15. The molecular weight excluding hydrogens is 194 g/mol. The predicted octanol–water partition coefficient (Wildman–Crippen LogP) is 2.81. The summed E-state index contributed by atoms with van der Waals surface area (Å²) in [6.07, 6.45) is 4.06. The molecule has 1 heterocycles. The van der Waals surface area contributed by atoms with E-state index in [2.05, 4.69) is 4.98 Å². The second kappa shape index (κ2) is 3.62. The van der Waals surface area contributed by atoms with Crippen LogP contribution in [0.3, 0.4) is 0 Å². The zero-order valence-corrected chi connectivity index (χ0v) is 8.20. The third-order valence-corrected chi connectivity index (χ3v) is 3.04. The van der Waals surface area contributed by atoms with Gasteiger partial charge < -0.3 is 4.74 Å². The normalized spacial score (nSPS) is 17.4. The lowest BCUT2D eigenvalue weighted by molar-refractivity contribution is 0.119. The molecule has 66 valence electrons. The van der Waals surface area contributed by atoms with E-state index < -0.39 is 0 Å². The van der Waals surface area contributed by atoms with Crippen molar-refractivity contribution in [3.63, 3.8) is 0 Å². The first-order valence-corrected chi connectivity index (χ1v) is 5.47. The Bertz CT molecular complexity index is 259. The van der Waals surface area contributed by atoms with Gasteiger partial charge in [-0.25, -0.2) is 4.98 Å². The van der Waals surface area contributed by atoms with E-state index in [-0.39, 0.29) is 0 Å². The molecule has 1 saturated carbocycles. The van der Waals surface area contributed by atoms with Gasteiger partial charge in [-0.2, -0.15) is 0 Å². The van der Waals surface area contributed by atoms with Crippen LogP contribution < -0.4 is 4.74 Å². The van der Waals surface area contributed by atoms with E-state index in [1.165, 1.54) is 30.6 Å². The Morgan fingerprint density at radius 3 is 3.00 bits per heavy atom. The van der Waals surface area contributed by atoms with E-state index in [9.17, 15) is 0 Å². The second-order valence-corrected chi connectivity index (χ2v) is 4.00. The van der Waals surface area contributed by atoms with Gasteiger partial charge in [0.05, 0.1) is 11.6 Å². The summed E-state index contributed by atoms with van der Waals surface area (Å²) in [5.74, 6) is 0.477. The number of aromatic nitrogens is 1. The summed E-state index contributed by atoms with van der Waals surface area (Å²) in [4.78, 5) is 4.21. The maximum absolute atomic E-state index is 5.61. The number of rotatable bonds is 3. The number of hydrogen-bond donors (Lipinski definition) is 0. The van der Waals surface area contributed by atoms with Crippen molar-refractivity contribution in [2.24, 2.45) is 0 Å². The minimum atomic E-state index is 0.416. The Morgan fingerprint density at radius 1 is 1.67 bits per heavy atom. The van der Waals surface area contributed by atoms with Crippen LogP contribution in [0.4, 0.5) is 0 Å². The Kier molecular flexibility index (Phi) is 2.51. The van der Waals surface area contributed by atoms with Gasteiger partial charge in [0.2, 0.25) is 0 Å². The first-order valence-electron chi connectivity index (χ1n) is 4.05. The smallest absolute Gasteiger partial charge is 0.273 e. The fraction of sp³-hybridized carbons (Fsp3) is 0.625. The van der Waals surface area contributed by atoms with Crippen molar-refractivity contribution in [3.05, 3.63) is 11.1 Å². The molecule has 0 spiro atoms. The molecule has 1 fully saturated rings. The number of halogens is 1. The quantitative estimate of drug-likeness (QED) is 0.705. The van der Waals surface area contributed by atoms with Crippen molar-refractivity contribution in [1.29, 1.82) is 0 Å². The highest BCUT2D eigenvalue weighted by molar-refractivity contribution is 7.11. The molecular formula is C8H10ClNOS. The minimum absolute atomic E-state index is 0.416. The van der Waals surface area contributed by atoms with Gasteiger partial charge in [0.1, 0.15) is 6.10 Å². The summed E-state index contributed by atoms with van der Waals surface area (Å²) in [6, 6.07) is 0. The average molecular weight is 204 g/mol. The molecule has 0 aromatic carbocycles. The summed E-state index contributed by atoms with van der Waals surface area (Å²) in [6.45, 7) is 0. The molecule has 12 heavy (non-hydrogen) atoms. The number of ether oxygens (including phenoxy) is 1. The Morgan fingerprint density at radius 2 is 2.50 bits per heavy atom. The highest BCUT2D eigenvalue weighted by Gasteiger charge is 2.20. The molecule has 1 aliphatic rings. The van der Waals surface area contributed by atoms with Crippen molar-refractivity contribution in [3.8, 4) is 5.19 Å². The molecule has 1 aromatic rings. The van der Waals surface area contributed by atoms with Crippen LogP contribution in [0.5, 0.6) is 5.19 Å². The molecule has 4 heteroatoms. The monoisotopic (exact) mass is 203 g/mol. The standard InChI is InChI=1S/C8H10ClNOS/c9-4-6-5-12-8(10-6)11-7-2-1-3-7/h5,7H,1-4H2. The maximum atomic E-state index is 5.61. The molecule has 0 radical (unpaired) electrons. The van der Waals surface area contributed by atoms with Gasteiger partial charge in [-0.05, 0) is 19.3 Å². The largest absolute Gasteiger partial charge is 0.467 e. The van der Waals surface area contributed by atoms with E-state index in [0.29, 0.717) is 12.0 Å². The molecule has 2 nitrogen and oxygen atoms in total. The van der Waals surface area contributed by atoms with Gasteiger partial charge >= 0.3 is 0 Å². The average Bonchev–Trinajstić information content (AvgIpc) is 2.44. The number of alkyl halides is 1. The molecule has 0 saturated heterocycles. The first kappa shape index (κ1) is 8.32. The van der Waals surface area contributed by atoms with E-state index in [1.54, 1.807) is 0 Å². The van der Waals surface area contributed by atoms with Crippen molar-refractivity contribution in [2.45, 2.75) is 31.2 Å². The van der Waals surface area contributed by atoms with Crippen LogP contribution in [0, 0.1) is 0 Å². The van der Waals surface area contributed by atoms with E-state index >= 15 is 0 Å². The van der Waals surface area contributed by atoms with Crippen molar-refractivity contribution in [1.82, 2.24) is 4.98 Å². The van der Waals surface area contributed by atoms with E-state index in [1.807, 2.05) is 5.38 Å². The fourth-order valence-electron chi connectivity index (χ4n) is 1.04. The van der Waals surface area contributed by atoms with Crippen LogP contribution in [0.2, 0.25) is 0 Å². The molecule has 0 atom stereocenters. The van der Waals surface area contributed by atoms with Gasteiger partial charge in [0, 0.05) is 5.38 Å². The van der Waals surface area contributed by atoms with Crippen molar-refractivity contribution in [2.75, 3.05) is 0 Å². The number of nitrogens with zero attached hydrogens (tertiary/aromatic N) is 1. The predicted molar refractivity (Wildman–Crippen MR) is 49.9 cm³/mol. The molecule has 1 aromatic heterocycles. The molecule has 0 aliphatic heterocycles. The molecule has 0 N–H and O–H groups in total. The lowest BCUT2D eigenvalue weighted by Gasteiger charge is -2.24. The Hall–Kier alpha value is -0.280. The summed E-state index contributed by atoms with van der Waals surface area (Å²) in [7, 11) is 0. The zero-order valence-electron chi connectivity index (χ0n) is 6.62. The Balaban J connectivity index is 1.93. The minimum Gasteiger partial charge on any atom is -0.467 e. The van der Waals surface area contributed by atoms with Crippen LogP contribution in [-0.2, 0) is 5.88 Å². The summed E-state index contributed by atoms with van der Waals surface area (Å²) < 4.78 is 5.58. The molecule has 1 aliphatic carbocycles. The van der Waals surface area contributed by atoms with Gasteiger partial charge in [0.15, 0.2) is 0 Å². The topological polar surface area (TPSA) is 22.1 Å². The molecule has 0 bridgehead atoms. The summed E-state index contributed by atoms with van der Waals surface area (Å²) in [5, 5.41) is 2.72. The van der Waals surface area contributed by atoms with E-state index in [0.717, 1.165) is 10.9 Å². The van der Waals surface area contributed by atoms with Crippen molar-refractivity contribution < 1.29 is 4.74 Å². The first-order chi connectivity index (χ1) is 5.88. The van der Waals surface area contributed by atoms with Crippen molar-refractivity contribution >= 4 is 22.9 Å². The lowest BCUT2D eigenvalue weighted by atomic mass is 9.96. The van der Waals surface area contributed by atoms with E-state index in [4.69, 9.17) is 16.3 Å². The maximum Gasteiger partial charge on any atom is 0.273 e. The van der Waals surface area contributed by atoms with Crippen LogP contribution in [0.15, 0.2) is 5.38 Å². The van der Waals surface area contributed by atoms with Crippen LogP contribution in [0.25, 0.3) is 0 Å². The van der Waals surface area contributed by atoms with Gasteiger partial charge in [-0.1, -0.05) is 11.3 Å². The second-order valence-electron chi connectivity index (χ2n) is 2.91. The fourth-order valence-corrected chi connectivity index (χ4v) is 2.00. The lowest BCUT2D eigenvalue weighted by Crippen LogP contribution is -2.24. The zero-order chi connectivity index (χ0) is 8.39. The van der Waals surface area contributed by atoms with Gasteiger partial charge in [-0.3, -0.25) is 0 Å². The molecule has 0 amide bonds. The third kappa shape index (κ3) is 1.72. The van der Waals surface area contributed by atoms with Gasteiger partial charge in [0.25, 0.3) is 5.19 Å². The SMILES string of the molecule is ClCc1csc(OC2CCC2)n1. The molecule has 0 unspecified atom stereocenters.